The second-order valence-electron chi connectivity index (χ2n) is 5.33. The van der Waals surface area contributed by atoms with Crippen LogP contribution >= 0.6 is 11.8 Å². The van der Waals surface area contributed by atoms with Gasteiger partial charge >= 0.3 is 5.97 Å². The van der Waals surface area contributed by atoms with Gasteiger partial charge in [-0.05, 0) is 25.5 Å². The number of carbonyl (C=O) groups is 1. The molecule has 0 spiro atoms. The third-order valence-electron chi connectivity index (χ3n) is 3.15. The molecule has 0 aliphatic rings. The molecule has 0 atom stereocenters. The molecule has 0 saturated heterocycles. The molecule has 0 radical (unpaired) electrons. The minimum absolute atomic E-state index is 0.122. The minimum atomic E-state index is -0.290. The molecule has 1 N–H and O–H groups in total. The third-order valence-corrected chi connectivity index (χ3v) is 3.94. The van der Waals surface area contributed by atoms with Gasteiger partial charge in [0, 0.05) is 17.1 Å². The van der Waals surface area contributed by atoms with Gasteiger partial charge in [-0.15, -0.1) is 10.2 Å². The fourth-order valence-electron chi connectivity index (χ4n) is 2.23. The molecule has 2 heterocycles. The number of para-hydroxylation sites is 1. The number of esters is 1. The predicted octanol–water partition coefficient (Wildman–Crippen LogP) is 3.19. The number of carbonyl (C=O) groups excluding carboxylic acids is 1. The van der Waals surface area contributed by atoms with E-state index in [0.29, 0.717) is 17.5 Å². The Bertz CT molecular complexity index is 810. The minimum Gasteiger partial charge on any atom is -0.462 e. The van der Waals surface area contributed by atoms with Gasteiger partial charge < -0.3 is 14.1 Å². The van der Waals surface area contributed by atoms with Crippen LogP contribution in [0.3, 0.4) is 0 Å². The Morgan fingerprint density at radius 1 is 1.35 bits per heavy atom. The molecule has 23 heavy (non-hydrogen) atoms. The Balaban J connectivity index is 1.62. The average Bonchev–Trinajstić information content (AvgIpc) is 3.13. The highest BCUT2D eigenvalue weighted by molar-refractivity contribution is 7.99. The van der Waals surface area contributed by atoms with Gasteiger partial charge in [0.05, 0.1) is 12.5 Å². The zero-order valence-electron chi connectivity index (χ0n) is 12.9. The van der Waals surface area contributed by atoms with Gasteiger partial charge in [-0.25, -0.2) is 0 Å². The van der Waals surface area contributed by atoms with Gasteiger partial charge in [0.25, 0.3) is 5.22 Å². The number of nitrogens with zero attached hydrogens (tertiary/aromatic N) is 2. The van der Waals surface area contributed by atoms with E-state index in [9.17, 15) is 4.79 Å². The van der Waals surface area contributed by atoms with E-state index in [-0.39, 0.29) is 17.8 Å². The summed E-state index contributed by atoms with van der Waals surface area (Å²) in [4.78, 5) is 14.7. The van der Waals surface area contributed by atoms with Crippen molar-refractivity contribution in [1.82, 2.24) is 15.2 Å². The number of hydrogen-bond acceptors (Lipinski definition) is 6. The highest BCUT2D eigenvalue weighted by Crippen LogP contribution is 2.22. The van der Waals surface area contributed by atoms with Crippen molar-refractivity contribution in [2.45, 2.75) is 31.6 Å². The van der Waals surface area contributed by atoms with Crippen molar-refractivity contribution in [2.24, 2.45) is 0 Å². The molecule has 2 aromatic heterocycles. The number of aromatic amines is 1. The fraction of sp³-hybridized carbons (Fsp3) is 0.312. The van der Waals surface area contributed by atoms with Crippen LogP contribution in [0.15, 0.2) is 40.1 Å². The maximum Gasteiger partial charge on any atom is 0.316 e. The summed E-state index contributed by atoms with van der Waals surface area (Å²) in [5.41, 5.74) is 2.17. The summed E-state index contributed by atoms with van der Waals surface area (Å²) in [7, 11) is 0. The quantitative estimate of drug-likeness (QED) is 0.552. The SMILES string of the molecule is CC(C)OC(=O)CSc1nnc(Cc2c[nH]c3ccccc23)o1. The number of H-pyrrole nitrogens is 1. The molecule has 0 bridgehead atoms. The van der Waals surface area contributed by atoms with Gasteiger partial charge in [-0.3, -0.25) is 4.79 Å². The molecule has 3 rings (SSSR count). The van der Waals surface area contributed by atoms with Crippen LogP contribution in [0.5, 0.6) is 0 Å². The summed E-state index contributed by atoms with van der Waals surface area (Å²) in [6.45, 7) is 3.63. The lowest BCUT2D eigenvalue weighted by atomic mass is 10.1. The van der Waals surface area contributed by atoms with E-state index < -0.39 is 0 Å². The first-order chi connectivity index (χ1) is 11.1. The Morgan fingerprint density at radius 3 is 3.00 bits per heavy atom. The van der Waals surface area contributed by atoms with E-state index in [4.69, 9.17) is 9.15 Å². The molecular formula is C16H17N3O3S. The molecule has 6 nitrogen and oxygen atoms in total. The van der Waals surface area contributed by atoms with Gasteiger partial charge in [-0.1, -0.05) is 30.0 Å². The molecule has 0 unspecified atom stereocenters. The number of hydrogen-bond donors (Lipinski definition) is 1. The van der Waals surface area contributed by atoms with Crippen LogP contribution in [-0.4, -0.2) is 33.0 Å². The Hall–Kier alpha value is -2.28. The van der Waals surface area contributed by atoms with E-state index in [2.05, 4.69) is 21.2 Å². The van der Waals surface area contributed by atoms with Gasteiger partial charge in [0.15, 0.2) is 0 Å². The summed E-state index contributed by atoms with van der Waals surface area (Å²) >= 11 is 1.18. The zero-order valence-corrected chi connectivity index (χ0v) is 13.7. The lowest BCUT2D eigenvalue weighted by Gasteiger charge is -2.05. The summed E-state index contributed by atoms with van der Waals surface area (Å²) in [6, 6.07) is 8.05. The summed E-state index contributed by atoms with van der Waals surface area (Å²) < 4.78 is 10.6. The number of rotatable bonds is 6. The number of nitrogens with one attached hydrogen (secondary N) is 1. The molecule has 3 aromatic rings. The Morgan fingerprint density at radius 2 is 2.17 bits per heavy atom. The van der Waals surface area contributed by atoms with Gasteiger partial charge in [0.1, 0.15) is 5.75 Å². The highest BCUT2D eigenvalue weighted by atomic mass is 32.2. The summed E-state index contributed by atoms with van der Waals surface area (Å²) in [6.07, 6.45) is 2.37. The maximum absolute atomic E-state index is 11.5. The van der Waals surface area contributed by atoms with E-state index in [1.54, 1.807) is 0 Å². The van der Waals surface area contributed by atoms with Gasteiger partial charge in [-0.2, -0.15) is 0 Å². The summed E-state index contributed by atoms with van der Waals surface area (Å²) in [5, 5.41) is 9.50. The number of aromatic nitrogens is 3. The monoisotopic (exact) mass is 331 g/mol. The lowest BCUT2D eigenvalue weighted by Crippen LogP contribution is -2.13. The number of benzene rings is 1. The number of fused-ring (bicyclic) bond motifs is 1. The fourth-order valence-corrected chi connectivity index (χ4v) is 2.79. The van der Waals surface area contributed by atoms with Crippen LogP contribution in [0.1, 0.15) is 25.3 Å². The largest absolute Gasteiger partial charge is 0.462 e. The topological polar surface area (TPSA) is 81.0 Å². The van der Waals surface area contributed by atoms with Crippen LogP contribution < -0.4 is 0 Å². The van der Waals surface area contributed by atoms with Crippen molar-refractivity contribution < 1.29 is 13.9 Å². The molecule has 0 fully saturated rings. The first-order valence-corrected chi connectivity index (χ1v) is 8.30. The zero-order chi connectivity index (χ0) is 16.2. The second-order valence-corrected chi connectivity index (χ2v) is 6.25. The Labute approximate surface area is 137 Å². The van der Waals surface area contributed by atoms with Crippen molar-refractivity contribution in [2.75, 3.05) is 5.75 Å². The molecule has 0 aliphatic heterocycles. The van der Waals surface area contributed by atoms with Crippen molar-refractivity contribution in [3.63, 3.8) is 0 Å². The van der Waals surface area contributed by atoms with E-state index in [1.165, 1.54) is 11.8 Å². The number of ether oxygens (including phenoxy) is 1. The Kier molecular flexibility index (Phi) is 4.66. The van der Waals surface area contributed by atoms with Crippen molar-refractivity contribution in [3.8, 4) is 0 Å². The average molecular weight is 331 g/mol. The lowest BCUT2D eigenvalue weighted by molar-refractivity contribution is -0.144. The van der Waals surface area contributed by atoms with Crippen LogP contribution in [0.25, 0.3) is 10.9 Å². The van der Waals surface area contributed by atoms with Crippen LogP contribution in [0.4, 0.5) is 0 Å². The standard InChI is InChI=1S/C16H17N3O3S/c1-10(2)21-15(20)9-23-16-19-18-14(22-16)7-11-8-17-13-6-4-3-5-12(11)13/h3-6,8,10,17H,7,9H2,1-2H3. The molecule has 7 heteroatoms. The van der Waals surface area contributed by atoms with E-state index >= 15 is 0 Å². The van der Waals surface area contributed by atoms with Crippen molar-refractivity contribution in [1.29, 1.82) is 0 Å². The van der Waals surface area contributed by atoms with Crippen molar-refractivity contribution in [3.05, 3.63) is 41.9 Å². The van der Waals surface area contributed by atoms with Crippen LogP contribution in [0, 0.1) is 0 Å². The molecular weight excluding hydrogens is 314 g/mol. The number of thioether (sulfide) groups is 1. The predicted molar refractivity (Wildman–Crippen MR) is 87.4 cm³/mol. The molecule has 120 valence electrons. The molecule has 0 saturated carbocycles. The highest BCUT2D eigenvalue weighted by Gasteiger charge is 2.13. The first-order valence-electron chi connectivity index (χ1n) is 7.31. The molecule has 0 amide bonds. The summed E-state index contributed by atoms with van der Waals surface area (Å²) in [5.74, 6) is 0.392. The molecule has 0 aliphatic carbocycles. The molecule has 1 aromatic carbocycles. The van der Waals surface area contributed by atoms with E-state index in [1.807, 2.05) is 38.2 Å². The van der Waals surface area contributed by atoms with Crippen molar-refractivity contribution >= 4 is 28.6 Å². The third kappa shape index (κ3) is 3.92. The second kappa shape index (κ2) is 6.87. The first kappa shape index (κ1) is 15.6. The van der Waals surface area contributed by atoms with Gasteiger partial charge in [0.2, 0.25) is 5.89 Å². The van der Waals surface area contributed by atoms with Crippen LogP contribution in [-0.2, 0) is 16.0 Å². The smallest absolute Gasteiger partial charge is 0.316 e. The normalized spacial score (nSPS) is 11.3. The van der Waals surface area contributed by atoms with Crippen LogP contribution in [0.2, 0.25) is 0 Å². The van der Waals surface area contributed by atoms with E-state index in [0.717, 1.165) is 16.5 Å². The maximum atomic E-state index is 11.5.